The Morgan fingerprint density at radius 1 is 0.826 bits per heavy atom. The second-order valence-electron chi connectivity index (χ2n) is 5.09. The first-order valence-corrected chi connectivity index (χ1v) is 8.00. The van der Waals surface area contributed by atoms with E-state index in [9.17, 15) is 0 Å². The molecule has 0 bridgehead atoms. The summed E-state index contributed by atoms with van der Waals surface area (Å²) in [5, 5.41) is 0. The van der Waals surface area contributed by atoms with E-state index < -0.39 is 0 Å². The first kappa shape index (κ1) is 19.3. The van der Waals surface area contributed by atoms with Gasteiger partial charge in [0.15, 0.2) is 11.5 Å². The van der Waals surface area contributed by atoms with Crippen molar-refractivity contribution in [2.24, 2.45) is 0 Å². The zero-order valence-electron chi connectivity index (χ0n) is 13.9. The van der Waals surface area contributed by atoms with Crippen LogP contribution < -0.4 is 9.47 Å². The minimum atomic E-state index is 0. The summed E-state index contributed by atoms with van der Waals surface area (Å²) >= 11 is 0. The molecule has 0 amide bonds. The number of hydrogen-bond acceptors (Lipinski definition) is 3. The third-order valence-corrected chi connectivity index (χ3v) is 3.59. The fourth-order valence-electron chi connectivity index (χ4n) is 2.28. The Morgan fingerprint density at radius 2 is 1.43 bits per heavy atom. The Balaban J connectivity index is 0.00000264. The van der Waals surface area contributed by atoms with E-state index in [-0.39, 0.29) is 12.4 Å². The van der Waals surface area contributed by atoms with Gasteiger partial charge in [0.25, 0.3) is 0 Å². The zero-order chi connectivity index (χ0) is 15.6. The number of para-hydroxylation sites is 3. The van der Waals surface area contributed by atoms with Gasteiger partial charge in [-0.05, 0) is 43.8 Å². The lowest BCUT2D eigenvalue weighted by Crippen LogP contribution is -2.25. The van der Waals surface area contributed by atoms with E-state index in [0.717, 1.165) is 43.3 Å². The molecule has 2 aromatic carbocycles. The number of benzene rings is 2. The van der Waals surface area contributed by atoms with E-state index in [1.165, 1.54) is 0 Å². The lowest BCUT2D eigenvalue weighted by atomic mass is 10.3. The molecule has 0 radical (unpaired) electrons. The van der Waals surface area contributed by atoms with Gasteiger partial charge in [-0.3, -0.25) is 0 Å². The summed E-state index contributed by atoms with van der Waals surface area (Å²) in [6.45, 7) is 8.31. The van der Waals surface area contributed by atoms with Gasteiger partial charge in [0.1, 0.15) is 5.75 Å². The van der Waals surface area contributed by atoms with Crippen LogP contribution in [0, 0.1) is 0 Å². The van der Waals surface area contributed by atoms with Gasteiger partial charge in [-0.15, -0.1) is 12.4 Å². The van der Waals surface area contributed by atoms with Crippen LogP contribution in [-0.4, -0.2) is 31.1 Å². The van der Waals surface area contributed by atoms with Crippen LogP contribution in [0.15, 0.2) is 54.6 Å². The van der Waals surface area contributed by atoms with Crippen LogP contribution in [0.5, 0.6) is 17.2 Å². The Labute approximate surface area is 145 Å². The molecule has 126 valence electrons. The normalized spacial score (nSPS) is 10.2. The van der Waals surface area contributed by atoms with Gasteiger partial charge in [-0.25, -0.2) is 0 Å². The molecule has 2 aromatic rings. The maximum Gasteiger partial charge on any atom is 0.169 e. The molecule has 0 saturated heterocycles. The quantitative estimate of drug-likeness (QED) is 0.601. The first-order chi connectivity index (χ1) is 10.8. The lowest BCUT2D eigenvalue weighted by Gasteiger charge is -2.18. The molecule has 0 fully saturated rings. The van der Waals surface area contributed by atoms with Crippen LogP contribution in [-0.2, 0) is 0 Å². The van der Waals surface area contributed by atoms with E-state index in [4.69, 9.17) is 9.47 Å². The van der Waals surface area contributed by atoms with Gasteiger partial charge >= 0.3 is 0 Å². The molecule has 0 unspecified atom stereocenters. The molecule has 0 spiro atoms. The summed E-state index contributed by atoms with van der Waals surface area (Å²) < 4.78 is 11.8. The van der Waals surface area contributed by atoms with Crippen molar-refractivity contribution in [1.82, 2.24) is 4.90 Å². The van der Waals surface area contributed by atoms with Crippen molar-refractivity contribution >= 4 is 12.4 Å². The topological polar surface area (TPSA) is 21.7 Å². The van der Waals surface area contributed by atoms with E-state index in [1.807, 2.05) is 54.6 Å². The number of rotatable bonds is 9. The van der Waals surface area contributed by atoms with Crippen molar-refractivity contribution in [3.05, 3.63) is 54.6 Å². The van der Waals surface area contributed by atoms with E-state index in [2.05, 4.69) is 18.7 Å². The van der Waals surface area contributed by atoms with Crippen LogP contribution in [0.3, 0.4) is 0 Å². The molecule has 0 aliphatic heterocycles. The van der Waals surface area contributed by atoms with E-state index in [0.29, 0.717) is 6.61 Å². The molecule has 0 aromatic heterocycles. The van der Waals surface area contributed by atoms with Gasteiger partial charge in [0.2, 0.25) is 0 Å². The highest BCUT2D eigenvalue weighted by atomic mass is 35.5. The highest BCUT2D eigenvalue weighted by Crippen LogP contribution is 2.31. The molecule has 0 saturated carbocycles. The zero-order valence-corrected chi connectivity index (χ0v) is 14.7. The maximum absolute atomic E-state index is 5.90. The van der Waals surface area contributed by atoms with Crippen LogP contribution >= 0.6 is 12.4 Å². The molecular formula is C19H26ClNO2. The number of ether oxygens (including phenoxy) is 2. The Hall–Kier alpha value is -1.71. The number of halogens is 1. The summed E-state index contributed by atoms with van der Waals surface area (Å²) in [7, 11) is 0. The molecule has 0 aliphatic rings. The number of nitrogens with zero attached hydrogens (tertiary/aromatic N) is 1. The third-order valence-electron chi connectivity index (χ3n) is 3.59. The summed E-state index contributed by atoms with van der Waals surface area (Å²) in [6, 6.07) is 17.6. The Kier molecular flexibility index (Phi) is 9.18. The third kappa shape index (κ3) is 6.51. The minimum absolute atomic E-state index is 0. The molecule has 4 heteroatoms. The van der Waals surface area contributed by atoms with Gasteiger partial charge in [-0.1, -0.05) is 44.2 Å². The monoisotopic (exact) mass is 335 g/mol. The van der Waals surface area contributed by atoms with E-state index >= 15 is 0 Å². The number of hydrogen-bond donors (Lipinski definition) is 0. The maximum atomic E-state index is 5.90. The molecule has 0 aliphatic carbocycles. The SMILES string of the molecule is CCN(CC)CCCOc1ccccc1Oc1ccccc1.Cl. The van der Waals surface area contributed by atoms with Gasteiger partial charge < -0.3 is 14.4 Å². The fourth-order valence-corrected chi connectivity index (χ4v) is 2.28. The molecule has 23 heavy (non-hydrogen) atoms. The van der Waals surface area contributed by atoms with Gasteiger partial charge in [-0.2, -0.15) is 0 Å². The van der Waals surface area contributed by atoms with Gasteiger partial charge in [0, 0.05) is 6.54 Å². The summed E-state index contributed by atoms with van der Waals surface area (Å²) in [5.74, 6) is 2.38. The second kappa shape index (κ2) is 10.9. The fraction of sp³-hybridized carbons (Fsp3) is 0.368. The average molecular weight is 336 g/mol. The molecule has 0 heterocycles. The second-order valence-corrected chi connectivity index (χ2v) is 5.09. The molecule has 3 nitrogen and oxygen atoms in total. The van der Waals surface area contributed by atoms with Crippen molar-refractivity contribution in [2.75, 3.05) is 26.2 Å². The van der Waals surface area contributed by atoms with Crippen LogP contribution in [0.25, 0.3) is 0 Å². The molecule has 2 rings (SSSR count). The van der Waals surface area contributed by atoms with Crippen molar-refractivity contribution in [3.63, 3.8) is 0 Å². The smallest absolute Gasteiger partial charge is 0.169 e. The summed E-state index contributed by atoms with van der Waals surface area (Å²) in [6.07, 6.45) is 1.02. The summed E-state index contributed by atoms with van der Waals surface area (Å²) in [4.78, 5) is 2.40. The molecular weight excluding hydrogens is 310 g/mol. The highest BCUT2D eigenvalue weighted by Gasteiger charge is 2.06. The first-order valence-electron chi connectivity index (χ1n) is 8.00. The van der Waals surface area contributed by atoms with Crippen LogP contribution in [0.4, 0.5) is 0 Å². The highest BCUT2D eigenvalue weighted by molar-refractivity contribution is 5.85. The molecule has 0 atom stereocenters. The largest absolute Gasteiger partial charge is 0.490 e. The average Bonchev–Trinajstić information content (AvgIpc) is 2.57. The van der Waals surface area contributed by atoms with E-state index in [1.54, 1.807) is 0 Å². The predicted molar refractivity (Wildman–Crippen MR) is 98.1 cm³/mol. The summed E-state index contributed by atoms with van der Waals surface area (Å²) in [5.41, 5.74) is 0. The van der Waals surface area contributed by atoms with Gasteiger partial charge in [0.05, 0.1) is 6.61 Å². The Bertz CT molecular complexity index is 544. The van der Waals surface area contributed by atoms with Crippen molar-refractivity contribution < 1.29 is 9.47 Å². The van der Waals surface area contributed by atoms with Crippen molar-refractivity contribution in [1.29, 1.82) is 0 Å². The minimum Gasteiger partial charge on any atom is -0.490 e. The van der Waals surface area contributed by atoms with Crippen LogP contribution in [0.2, 0.25) is 0 Å². The van der Waals surface area contributed by atoms with Crippen molar-refractivity contribution in [2.45, 2.75) is 20.3 Å². The molecule has 0 N–H and O–H groups in total. The van der Waals surface area contributed by atoms with Crippen molar-refractivity contribution in [3.8, 4) is 17.2 Å². The standard InChI is InChI=1S/C19H25NO2.ClH/c1-3-20(4-2)15-10-16-21-18-13-8-9-14-19(18)22-17-11-6-5-7-12-17;/h5-9,11-14H,3-4,10,15-16H2,1-2H3;1H. The van der Waals surface area contributed by atoms with Crippen LogP contribution in [0.1, 0.15) is 20.3 Å². The predicted octanol–water partition coefficient (Wildman–Crippen LogP) is 5.01. The lowest BCUT2D eigenvalue weighted by molar-refractivity contribution is 0.244. The Morgan fingerprint density at radius 3 is 2.09 bits per heavy atom.